The van der Waals surface area contributed by atoms with Gasteiger partial charge in [-0.1, -0.05) is 34.9 Å². The molecule has 0 saturated heterocycles. The molecule has 64 valence electrons. The van der Waals surface area contributed by atoms with Crippen LogP contribution >= 0.6 is 21.6 Å². The maximum Gasteiger partial charge on any atom is 0.0622 e. The molecular formula is C8H15NS2. The fourth-order valence-electron chi connectivity index (χ4n) is 0.531. The Labute approximate surface area is 77.3 Å². The van der Waals surface area contributed by atoms with E-state index in [1.54, 1.807) is 0 Å². The van der Waals surface area contributed by atoms with Crippen LogP contribution in [0.2, 0.25) is 0 Å². The van der Waals surface area contributed by atoms with Gasteiger partial charge in [-0.25, -0.2) is 0 Å². The van der Waals surface area contributed by atoms with Gasteiger partial charge in [0, 0.05) is 17.9 Å². The van der Waals surface area contributed by atoms with Gasteiger partial charge in [0.15, 0.2) is 0 Å². The van der Waals surface area contributed by atoms with E-state index >= 15 is 0 Å². The molecule has 0 aliphatic carbocycles. The highest BCUT2D eigenvalue weighted by Crippen LogP contribution is 2.23. The van der Waals surface area contributed by atoms with E-state index in [1.807, 2.05) is 21.6 Å². The zero-order valence-electron chi connectivity index (χ0n) is 7.01. The second-order valence-electron chi connectivity index (χ2n) is 2.26. The van der Waals surface area contributed by atoms with Crippen LogP contribution in [0.3, 0.4) is 0 Å². The average molecular weight is 189 g/mol. The Balaban J connectivity index is 2.75. The Morgan fingerprint density at radius 3 is 2.36 bits per heavy atom. The predicted octanol–water partition coefficient (Wildman–Crippen LogP) is 3.47. The second-order valence-corrected chi connectivity index (χ2v) is 4.96. The summed E-state index contributed by atoms with van der Waals surface area (Å²) >= 11 is 0. The highest BCUT2D eigenvalue weighted by Gasteiger charge is 1.89. The molecule has 0 saturated carbocycles. The van der Waals surface area contributed by atoms with E-state index in [1.165, 1.54) is 18.6 Å². The van der Waals surface area contributed by atoms with Gasteiger partial charge in [-0.05, 0) is 12.8 Å². The SMILES string of the molecule is CCCCSSCCCC#N. The van der Waals surface area contributed by atoms with Gasteiger partial charge >= 0.3 is 0 Å². The van der Waals surface area contributed by atoms with Crippen molar-refractivity contribution in [3.8, 4) is 6.07 Å². The fraction of sp³-hybridized carbons (Fsp3) is 0.875. The summed E-state index contributed by atoms with van der Waals surface area (Å²) in [6, 6.07) is 2.15. The molecule has 0 aromatic carbocycles. The molecule has 0 aliphatic heterocycles. The van der Waals surface area contributed by atoms with Crippen molar-refractivity contribution in [2.24, 2.45) is 0 Å². The van der Waals surface area contributed by atoms with Gasteiger partial charge in [-0.3, -0.25) is 0 Å². The lowest BCUT2D eigenvalue weighted by atomic mass is 10.4. The Morgan fingerprint density at radius 2 is 1.82 bits per heavy atom. The Bertz CT molecular complexity index is 109. The topological polar surface area (TPSA) is 23.8 Å². The van der Waals surface area contributed by atoms with Gasteiger partial charge in [0.2, 0.25) is 0 Å². The highest BCUT2D eigenvalue weighted by atomic mass is 33.1. The Hall–Kier alpha value is 0.190. The average Bonchev–Trinajstić information content (AvgIpc) is 2.03. The molecule has 0 bridgehead atoms. The molecule has 0 atom stereocenters. The normalized spacial score (nSPS) is 9.45. The van der Waals surface area contributed by atoms with Crippen molar-refractivity contribution in [2.45, 2.75) is 32.6 Å². The highest BCUT2D eigenvalue weighted by molar-refractivity contribution is 8.76. The lowest BCUT2D eigenvalue weighted by Crippen LogP contribution is -1.77. The van der Waals surface area contributed by atoms with E-state index in [2.05, 4.69) is 13.0 Å². The number of hydrogen-bond donors (Lipinski definition) is 0. The summed E-state index contributed by atoms with van der Waals surface area (Å²) in [7, 11) is 3.83. The van der Waals surface area contributed by atoms with Crippen LogP contribution in [0.15, 0.2) is 0 Å². The molecule has 11 heavy (non-hydrogen) atoms. The van der Waals surface area contributed by atoms with Crippen molar-refractivity contribution in [1.82, 2.24) is 0 Å². The largest absolute Gasteiger partial charge is 0.198 e. The van der Waals surface area contributed by atoms with Gasteiger partial charge in [0.05, 0.1) is 6.07 Å². The van der Waals surface area contributed by atoms with Crippen LogP contribution in [0, 0.1) is 11.3 Å². The number of hydrogen-bond acceptors (Lipinski definition) is 3. The molecule has 0 rings (SSSR count). The van der Waals surface area contributed by atoms with E-state index < -0.39 is 0 Å². The summed E-state index contributed by atoms with van der Waals surface area (Å²) in [5, 5.41) is 8.24. The first-order chi connectivity index (χ1) is 5.41. The molecule has 0 heterocycles. The first-order valence-corrected chi connectivity index (χ1v) is 6.52. The lowest BCUT2D eigenvalue weighted by Gasteiger charge is -1.96. The van der Waals surface area contributed by atoms with Crippen molar-refractivity contribution in [3.05, 3.63) is 0 Å². The van der Waals surface area contributed by atoms with Crippen molar-refractivity contribution in [3.63, 3.8) is 0 Å². The summed E-state index contributed by atoms with van der Waals surface area (Å²) in [6.07, 6.45) is 4.35. The smallest absolute Gasteiger partial charge is 0.0622 e. The molecule has 0 fully saturated rings. The molecule has 0 spiro atoms. The maximum absolute atomic E-state index is 8.24. The van der Waals surface area contributed by atoms with Crippen molar-refractivity contribution in [2.75, 3.05) is 11.5 Å². The molecule has 0 amide bonds. The van der Waals surface area contributed by atoms with Crippen molar-refractivity contribution in [1.29, 1.82) is 5.26 Å². The van der Waals surface area contributed by atoms with Gasteiger partial charge in [0.25, 0.3) is 0 Å². The van der Waals surface area contributed by atoms with Crippen LogP contribution in [-0.2, 0) is 0 Å². The number of nitriles is 1. The zero-order valence-corrected chi connectivity index (χ0v) is 8.64. The summed E-state index contributed by atoms with van der Waals surface area (Å²) in [4.78, 5) is 0. The lowest BCUT2D eigenvalue weighted by molar-refractivity contribution is 0.898. The molecule has 0 aliphatic rings. The van der Waals surface area contributed by atoms with E-state index in [0.717, 1.165) is 12.2 Å². The second kappa shape index (κ2) is 10.2. The van der Waals surface area contributed by atoms with Gasteiger partial charge in [-0.15, -0.1) is 0 Å². The summed E-state index contributed by atoms with van der Waals surface area (Å²) in [6.45, 7) is 2.21. The minimum atomic E-state index is 0.710. The maximum atomic E-state index is 8.24. The third kappa shape index (κ3) is 10.2. The van der Waals surface area contributed by atoms with E-state index in [-0.39, 0.29) is 0 Å². The number of unbranched alkanes of at least 4 members (excludes halogenated alkanes) is 2. The standard InChI is InChI=1S/C8H15NS2/c1-2-3-7-10-11-8-5-4-6-9/h2-5,7-8H2,1H3. The summed E-state index contributed by atoms with van der Waals surface area (Å²) < 4.78 is 0. The Kier molecular flexibility index (Phi) is 10.4. The van der Waals surface area contributed by atoms with Gasteiger partial charge in [0.1, 0.15) is 0 Å². The first-order valence-electron chi connectivity index (χ1n) is 4.03. The van der Waals surface area contributed by atoms with Crippen molar-refractivity contribution >= 4 is 21.6 Å². The van der Waals surface area contributed by atoms with Crippen LogP contribution in [-0.4, -0.2) is 11.5 Å². The van der Waals surface area contributed by atoms with Crippen LogP contribution in [0.5, 0.6) is 0 Å². The monoisotopic (exact) mass is 189 g/mol. The van der Waals surface area contributed by atoms with E-state index in [0.29, 0.717) is 6.42 Å². The third-order valence-electron chi connectivity index (χ3n) is 1.18. The number of rotatable bonds is 7. The summed E-state index contributed by atoms with van der Waals surface area (Å²) in [5.74, 6) is 2.38. The van der Waals surface area contributed by atoms with Crippen molar-refractivity contribution < 1.29 is 0 Å². The zero-order chi connectivity index (χ0) is 8.36. The molecule has 0 aromatic heterocycles. The molecule has 1 nitrogen and oxygen atoms in total. The Morgan fingerprint density at radius 1 is 1.18 bits per heavy atom. The predicted molar refractivity (Wildman–Crippen MR) is 54.7 cm³/mol. The molecule has 0 N–H and O–H groups in total. The molecule has 3 heteroatoms. The molecule has 0 aromatic rings. The molecule has 0 unspecified atom stereocenters. The minimum absolute atomic E-state index is 0.710. The van der Waals surface area contributed by atoms with Crippen LogP contribution in [0.25, 0.3) is 0 Å². The minimum Gasteiger partial charge on any atom is -0.198 e. The van der Waals surface area contributed by atoms with Gasteiger partial charge < -0.3 is 0 Å². The van der Waals surface area contributed by atoms with Crippen LogP contribution < -0.4 is 0 Å². The fourth-order valence-corrected chi connectivity index (χ4v) is 2.85. The molecule has 0 radical (unpaired) electrons. The number of nitrogens with zero attached hydrogens (tertiary/aromatic N) is 1. The van der Waals surface area contributed by atoms with Crippen LogP contribution in [0.4, 0.5) is 0 Å². The van der Waals surface area contributed by atoms with E-state index in [4.69, 9.17) is 5.26 Å². The molecular weight excluding hydrogens is 174 g/mol. The summed E-state index contributed by atoms with van der Waals surface area (Å²) in [5.41, 5.74) is 0. The van der Waals surface area contributed by atoms with Gasteiger partial charge in [-0.2, -0.15) is 5.26 Å². The first kappa shape index (κ1) is 11.2. The van der Waals surface area contributed by atoms with Crippen LogP contribution in [0.1, 0.15) is 32.6 Å². The van der Waals surface area contributed by atoms with E-state index in [9.17, 15) is 0 Å². The quantitative estimate of drug-likeness (QED) is 0.452. The third-order valence-corrected chi connectivity index (χ3v) is 3.76.